The molecule has 6 nitrogen and oxygen atoms in total. The molecule has 3 rings (SSSR count). The van der Waals surface area contributed by atoms with E-state index in [2.05, 4.69) is 5.32 Å². The third kappa shape index (κ3) is 3.58. The minimum absolute atomic E-state index is 0.0370. The van der Waals surface area contributed by atoms with Crippen LogP contribution < -0.4 is 5.32 Å². The molecule has 1 aromatic rings. The van der Waals surface area contributed by atoms with Crippen molar-refractivity contribution in [3.8, 4) is 0 Å². The van der Waals surface area contributed by atoms with Gasteiger partial charge in [0.05, 0.1) is 0 Å². The highest BCUT2D eigenvalue weighted by Crippen LogP contribution is 2.54. The van der Waals surface area contributed by atoms with Crippen molar-refractivity contribution in [3.05, 3.63) is 35.9 Å². The molecule has 0 unspecified atom stereocenters. The molecule has 0 aromatic heterocycles. The fourth-order valence-electron chi connectivity index (χ4n) is 3.42. The largest absolute Gasteiger partial charge is 0.454 e. The van der Waals surface area contributed by atoms with Gasteiger partial charge in [0.25, 0.3) is 5.91 Å². The van der Waals surface area contributed by atoms with E-state index in [1.54, 1.807) is 16.7 Å². The number of hydrogen-bond donors (Lipinski definition) is 1. The van der Waals surface area contributed by atoms with Crippen molar-refractivity contribution in [1.29, 1.82) is 0 Å². The number of nitrogens with zero attached hydrogens (tertiary/aromatic N) is 1. The van der Waals surface area contributed by atoms with Crippen molar-refractivity contribution in [2.75, 3.05) is 18.9 Å². The Morgan fingerprint density at radius 2 is 2.08 bits per heavy atom. The van der Waals surface area contributed by atoms with Gasteiger partial charge in [-0.05, 0) is 17.9 Å². The molecule has 0 saturated carbocycles. The number of nitrogens with one attached hydrogen (secondary N) is 1. The smallest absolute Gasteiger partial charge is 0.330 e. The molecule has 2 amide bonds. The van der Waals surface area contributed by atoms with Crippen LogP contribution in [0.2, 0.25) is 0 Å². The second-order valence-electron chi connectivity index (χ2n) is 7.05. The fraction of sp³-hybridized carbons (Fsp3) is 0.526. The number of fused-ring (bicyclic) bond motifs is 1. The van der Waals surface area contributed by atoms with Gasteiger partial charge >= 0.3 is 5.97 Å². The molecule has 2 atom stereocenters. The summed E-state index contributed by atoms with van der Waals surface area (Å²) in [5, 5.41) is 2.71. The van der Waals surface area contributed by atoms with Gasteiger partial charge in [0.2, 0.25) is 5.91 Å². The van der Waals surface area contributed by atoms with Crippen molar-refractivity contribution in [1.82, 2.24) is 10.2 Å². The van der Waals surface area contributed by atoms with Crippen molar-refractivity contribution >= 4 is 29.5 Å². The SMILES string of the molecule is CC(C)CNC(=O)COC(=O)[C@H]1CS[C@]2(c3ccccc3)CCC(=O)N12. The van der Waals surface area contributed by atoms with Crippen molar-refractivity contribution in [2.45, 2.75) is 37.6 Å². The maximum absolute atomic E-state index is 12.5. The zero-order chi connectivity index (χ0) is 18.7. The van der Waals surface area contributed by atoms with Gasteiger partial charge in [0.1, 0.15) is 10.9 Å². The molecule has 2 saturated heterocycles. The zero-order valence-corrected chi connectivity index (χ0v) is 15.9. The molecule has 1 N–H and O–H groups in total. The number of thioether (sulfide) groups is 1. The van der Waals surface area contributed by atoms with E-state index in [-0.39, 0.29) is 18.4 Å². The van der Waals surface area contributed by atoms with E-state index in [4.69, 9.17) is 4.74 Å². The lowest BCUT2D eigenvalue weighted by Gasteiger charge is -2.33. The van der Waals surface area contributed by atoms with Gasteiger partial charge in [-0.25, -0.2) is 4.79 Å². The molecule has 0 radical (unpaired) electrons. The molecule has 2 fully saturated rings. The summed E-state index contributed by atoms with van der Waals surface area (Å²) < 4.78 is 5.20. The van der Waals surface area contributed by atoms with Crippen LogP contribution in [0.4, 0.5) is 0 Å². The Hall–Kier alpha value is -2.02. The minimum Gasteiger partial charge on any atom is -0.454 e. The Kier molecular flexibility index (Phi) is 5.55. The normalized spacial score (nSPS) is 24.7. The maximum atomic E-state index is 12.5. The van der Waals surface area contributed by atoms with Gasteiger partial charge in [-0.3, -0.25) is 9.59 Å². The second-order valence-corrected chi connectivity index (χ2v) is 8.34. The van der Waals surface area contributed by atoms with Crippen LogP contribution in [0, 0.1) is 5.92 Å². The monoisotopic (exact) mass is 376 g/mol. The topological polar surface area (TPSA) is 75.7 Å². The van der Waals surface area contributed by atoms with E-state index in [1.807, 2.05) is 44.2 Å². The van der Waals surface area contributed by atoms with Gasteiger partial charge in [0.15, 0.2) is 6.61 Å². The number of benzene rings is 1. The standard InChI is InChI=1S/C19H24N2O4S/c1-13(2)10-20-16(22)11-25-18(24)15-12-26-19(9-8-17(23)21(15)19)14-6-4-3-5-7-14/h3-7,13,15H,8-12H2,1-2H3,(H,20,22)/t15-,19+/m1/s1. The quantitative estimate of drug-likeness (QED) is 0.768. The van der Waals surface area contributed by atoms with Crippen LogP contribution in [-0.4, -0.2) is 47.6 Å². The van der Waals surface area contributed by atoms with Crippen LogP contribution in [-0.2, 0) is 24.0 Å². The molecule has 7 heteroatoms. The lowest BCUT2D eigenvalue weighted by atomic mass is 10.0. The summed E-state index contributed by atoms with van der Waals surface area (Å²) in [4.78, 5) is 38.0. The van der Waals surface area contributed by atoms with E-state index in [9.17, 15) is 14.4 Å². The summed E-state index contributed by atoms with van der Waals surface area (Å²) in [6.45, 7) is 4.21. The zero-order valence-electron chi connectivity index (χ0n) is 15.1. The average molecular weight is 376 g/mol. The highest BCUT2D eigenvalue weighted by Gasteiger charge is 2.57. The molecule has 26 heavy (non-hydrogen) atoms. The van der Waals surface area contributed by atoms with Gasteiger partial charge < -0.3 is 15.0 Å². The van der Waals surface area contributed by atoms with Gasteiger partial charge in [-0.2, -0.15) is 0 Å². The summed E-state index contributed by atoms with van der Waals surface area (Å²) in [6.07, 6.45) is 1.10. The lowest BCUT2D eigenvalue weighted by molar-refractivity contribution is -0.156. The number of carbonyl (C=O) groups is 3. The average Bonchev–Trinajstić information content (AvgIpc) is 3.18. The highest BCUT2D eigenvalue weighted by molar-refractivity contribution is 8.00. The Labute approximate surface area is 157 Å². The predicted molar refractivity (Wildman–Crippen MR) is 99.3 cm³/mol. The molecule has 0 bridgehead atoms. The number of carbonyl (C=O) groups excluding carboxylic acids is 3. The Morgan fingerprint density at radius 1 is 1.35 bits per heavy atom. The first-order chi connectivity index (χ1) is 12.4. The van der Waals surface area contributed by atoms with Crippen LogP contribution in [0.3, 0.4) is 0 Å². The Morgan fingerprint density at radius 3 is 2.77 bits per heavy atom. The number of amides is 2. The lowest BCUT2D eigenvalue weighted by Crippen LogP contribution is -2.47. The van der Waals surface area contributed by atoms with E-state index in [1.165, 1.54) is 0 Å². The van der Waals surface area contributed by atoms with Crippen molar-refractivity contribution in [3.63, 3.8) is 0 Å². The number of ether oxygens (including phenoxy) is 1. The first-order valence-electron chi connectivity index (χ1n) is 8.89. The summed E-state index contributed by atoms with van der Waals surface area (Å²) in [5.41, 5.74) is 1.03. The van der Waals surface area contributed by atoms with Gasteiger partial charge in [0, 0.05) is 18.7 Å². The predicted octanol–water partition coefficient (Wildman–Crippen LogP) is 1.89. The second kappa shape index (κ2) is 7.70. The Balaban J connectivity index is 1.67. The van der Waals surface area contributed by atoms with Crippen molar-refractivity contribution < 1.29 is 19.1 Å². The summed E-state index contributed by atoms with van der Waals surface area (Å²) in [6, 6.07) is 9.15. The van der Waals surface area contributed by atoms with E-state index >= 15 is 0 Å². The number of rotatable bonds is 6. The van der Waals surface area contributed by atoms with Crippen LogP contribution in [0.5, 0.6) is 0 Å². The molecule has 0 aliphatic carbocycles. The van der Waals surface area contributed by atoms with E-state index < -0.39 is 16.9 Å². The molecule has 0 spiro atoms. The van der Waals surface area contributed by atoms with E-state index in [0.29, 0.717) is 31.1 Å². The molecule has 140 valence electrons. The number of esters is 1. The van der Waals surface area contributed by atoms with E-state index in [0.717, 1.165) is 5.56 Å². The fourth-order valence-corrected chi connectivity index (χ4v) is 5.05. The van der Waals surface area contributed by atoms with Crippen LogP contribution in [0.1, 0.15) is 32.3 Å². The molecule has 2 heterocycles. The van der Waals surface area contributed by atoms with Gasteiger partial charge in [-0.15, -0.1) is 11.8 Å². The third-order valence-corrected chi connectivity index (χ3v) is 6.27. The Bertz CT molecular complexity index is 694. The third-order valence-electron chi connectivity index (χ3n) is 4.68. The first kappa shape index (κ1) is 18.8. The summed E-state index contributed by atoms with van der Waals surface area (Å²) in [5.74, 6) is -0.0581. The molecule has 2 aliphatic rings. The van der Waals surface area contributed by atoms with Crippen LogP contribution in [0.15, 0.2) is 30.3 Å². The summed E-state index contributed by atoms with van der Waals surface area (Å²) >= 11 is 1.61. The van der Waals surface area contributed by atoms with Crippen LogP contribution in [0.25, 0.3) is 0 Å². The number of hydrogen-bond acceptors (Lipinski definition) is 5. The molecule has 1 aromatic carbocycles. The van der Waals surface area contributed by atoms with Crippen LogP contribution >= 0.6 is 11.8 Å². The minimum atomic E-state index is -0.645. The molecule has 2 aliphatic heterocycles. The summed E-state index contributed by atoms with van der Waals surface area (Å²) in [7, 11) is 0. The molecular weight excluding hydrogens is 352 g/mol. The maximum Gasteiger partial charge on any atom is 0.330 e. The van der Waals surface area contributed by atoms with Gasteiger partial charge in [-0.1, -0.05) is 44.2 Å². The highest BCUT2D eigenvalue weighted by atomic mass is 32.2. The molecular formula is C19H24N2O4S. The van der Waals surface area contributed by atoms with Crippen molar-refractivity contribution in [2.24, 2.45) is 5.92 Å². The first-order valence-corrected chi connectivity index (χ1v) is 9.87.